The van der Waals surface area contributed by atoms with Gasteiger partial charge in [0.05, 0.1) is 5.92 Å². The van der Waals surface area contributed by atoms with Crippen LogP contribution in [0.15, 0.2) is 22.7 Å². The van der Waals surface area contributed by atoms with E-state index in [0.29, 0.717) is 6.54 Å². The van der Waals surface area contributed by atoms with Gasteiger partial charge in [-0.2, -0.15) is 0 Å². The van der Waals surface area contributed by atoms with Crippen LogP contribution in [0.3, 0.4) is 0 Å². The summed E-state index contributed by atoms with van der Waals surface area (Å²) >= 11 is 3.36. The SMILES string of the molecule is NC1CCCCCC1C(=O)NCc1cc(F)ccc1Br. The van der Waals surface area contributed by atoms with Crippen molar-refractivity contribution in [1.29, 1.82) is 0 Å². The summed E-state index contributed by atoms with van der Waals surface area (Å²) in [6, 6.07) is 4.40. The Kier molecular flexibility index (Phi) is 5.54. The van der Waals surface area contributed by atoms with E-state index in [-0.39, 0.29) is 23.7 Å². The third-order valence-corrected chi connectivity index (χ3v) is 4.64. The summed E-state index contributed by atoms with van der Waals surface area (Å²) in [7, 11) is 0. The van der Waals surface area contributed by atoms with Crippen LogP contribution in [0.5, 0.6) is 0 Å². The molecule has 0 radical (unpaired) electrons. The van der Waals surface area contributed by atoms with Gasteiger partial charge in [-0.15, -0.1) is 0 Å². The highest BCUT2D eigenvalue weighted by Crippen LogP contribution is 2.23. The molecule has 1 fully saturated rings. The van der Waals surface area contributed by atoms with Crippen LogP contribution in [0.2, 0.25) is 0 Å². The summed E-state index contributed by atoms with van der Waals surface area (Å²) in [6.45, 7) is 0.320. The average molecular weight is 343 g/mol. The molecular formula is C15H20BrFN2O. The first-order valence-electron chi connectivity index (χ1n) is 7.05. The van der Waals surface area contributed by atoms with Gasteiger partial charge in [0.25, 0.3) is 0 Å². The Labute approximate surface area is 127 Å². The number of amides is 1. The first-order valence-corrected chi connectivity index (χ1v) is 7.84. The smallest absolute Gasteiger partial charge is 0.224 e. The molecule has 0 aliphatic heterocycles. The predicted molar refractivity (Wildman–Crippen MR) is 80.5 cm³/mol. The number of rotatable bonds is 3. The summed E-state index contributed by atoms with van der Waals surface area (Å²) < 4.78 is 14.0. The van der Waals surface area contributed by atoms with Gasteiger partial charge in [0.15, 0.2) is 0 Å². The van der Waals surface area contributed by atoms with E-state index in [2.05, 4.69) is 21.2 Å². The summed E-state index contributed by atoms with van der Waals surface area (Å²) in [6.07, 6.45) is 5.04. The van der Waals surface area contributed by atoms with Crippen LogP contribution in [0.4, 0.5) is 4.39 Å². The van der Waals surface area contributed by atoms with Crippen LogP contribution >= 0.6 is 15.9 Å². The zero-order valence-electron chi connectivity index (χ0n) is 11.4. The highest BCUT2D eigenvalue weighted by molar-refractivity contribution is 9.10. The van der Waals surface area contributed by atoms with Crippen molar-refractivity contribution >= 4 is 21.8 Å². The molecule has 1 saturated carbocycles. The van der Waals surface area contributed by atoms with Crippen LogP contribution in [-0.4, -0.2) is 11.9 Å². The predicted octanol–water partition coefficient (Wildman–Crippen LogP) is 3.11. The minimum Gasteiger partial charge on any atom is -0.352 e. The van der Waals surface area contributed by atoms with Gasteiger partial charge in [-0.3, -0.25) is 4.79 Å². The molecule has 20 heavy (non-hydrogen) atoms. The number of hydrogen-bond acceptors (Lipinski definition) is 2. The Balaban J connectivity index is 1.95. The summed E-state index contributed by atoms with van der Waals surface area (Å²) in [5, 5.41) is 2.88. The Hall–Kier alpha value is -0.940. The van der Waals surface area contributed by atoms with Crippen molar-refractivity contribution in [3.8, 4) is 0 Å². The molecule has 0 spiro atoms. The number of nitrogens with two attached hydrogens (primary N) is 1. The average Bonchev–Trinajstić information content (AvgIpc) is 2.64. The molecule has 0 bridgehead atoms. The topological polar surface area (TPSA) is 55.1 Å². The Bertz CT molecular complexity index is 481. The lowest BCUT2D eigenvalue weighted by Gasteiger charge is -2.20. The second-order valence-electron chi connectivity index (χ2n) is 5.36. The van der Waals surface area contributed by atoms with Crippen molar-refractivity contribution in [2.45, 2.75) is 44.7 Å². The molecule has 5 heteroatoms. The number of hydrogen-bond donors (Lipinski definition) is 2. The molecule has 2 unspecified atom stereocenters. The fourth-order valence-corrected chi connectivity index (χ4v) is 3.04. The quantitative estimate of drug-likeness (QED) is 0.829. The maximum Gasteiger partial charge on any atom is 0.224 e. The zero-order chi connectivity index (χ0) is 14.5. The minimum atomic E-state index is -0.302. The second-order valence-corrected chi connectivity index (χ2v) is 6.22. The lowest BCUT2D eigenvalue weighted by molar-refractivity contribution is -0.126. The number of halogens is 2. The van der Waals surface area contributed by atoms with Gasteiger partial charge in [-0.05, 0) is 36.6 Å². The van der Waals surface area contributed by atoms with Gasteiger partial charge in [0, 0.05) is 17.1 Å². The molecule has 0 saturated heterocycles. The van der Waals surface area contributed by atoms with Crippen molar-refractivity contribution < 1.29 is 9.18 Å². The van der Waals surface area contributed by atoms with E-state index in [1.54, 1.807) is 6.07 Å². The summed E-state index contributed by atoms with van der Waals surface area (Å²) in [5.41, 5.74) is 6.81. The fourth-order valence-electron chi connectivity index (χ4n) is 2.65. The van der Waals surface area contributed by atoms with Gasteiger partial charge in [-0.25, -0.2) is 4.39 Å². The van der Waals surface area contributed by atoms with Gasteiger partial charge in [-0.1, -0.05) is 35.2 Å². The van der Waals surface area contributed by atoms with Crippen molar-refractivity contribution in [2.24, 2.45) is 11.7 Å². The molecule has 110 valence electrons. The molecule has 3 N–H and O–H groups in total. The Morgan fingerprint density at radius 2 is 2.10 bits per heavy atom. The molecule has 1 aliphatic rings. The highest BCUT2D eigenvalue weighted by atomic mass is 79.9. The third-order valence-electron chi connectivity index (χ3n) is 3.87. The first kappa shape index (κ1) is 15.4. The molecule has 3 nitrogen and oxygen atoms in total. The molecule has 1 amide bonds. The number of nitrogens with one attached hydrogen (secondary N) is 1. The third kappa shape index (κ3) is 4.03. The molecule has 0 heterocycles. The van der Waals surface area contributed by atoms with Gasteiger partial charge in [0.2, 0.25) is 5.91 Å². The Morgan fingerprint density at radius 1 is 1.35 bits per heavy atom. The van der Waals surface area contributed by atoms with Crippen LogP contribution in [0, 0.1) is 11.7 Å². The van der Waals surface area contributed by atoms with Crippen molar-refractivity contribution in [1.82, 2.24) is 5.32 Å². The minimum absolute atomic E-state index is 0.0180. The van der Waals surface area contributed by atoms with Crippen molar-refractivity contribution in [3.63, 3.8) is 0 Å². The monoisotopic (exact) mass is 342 g/mol. The van der Waals surface area contributed by atoms with Gasteiger partial charge >= 0.3 is 0 Å². The van der Waals surface area contributed by atoms with E-state index >= 15 is 0 Å². The fraction of sp³-hybridized carbons (Fsp3) is 0.533. The lowest BCUT2D eigenvalue weighted by atomic mass is 9.94. The second kappa shape index (κ2) is 7.18. The number of benzene rings is 1. The maximum absolute atomic E-state index is 13.2. The summed E-state index contributed by atoms with van der Waals surface area (Å²) in [4.78, 5) is 12.2. The van der Waals surface area contributed by atoms with E-state index in [0.717, 1.165) is 42.1 Å². The van der Waals surface area contributed by atoms with E-state index in [1.807, 2.05) is 0 Å². The van der Waals surface area contributed by atoms with Crippen LogP contribution in [0.25, 0.3) is 0 Å². The molecule has 2 atom stereocenters. The van der Waals surface area contributed by atoms with E-state index in [9.17, 15) is 9.18 Å². The number of carbonyl (C=O) groups excluding carboxylic acids is 1. The molecule has 1 aliphatic carbocycles. The van der Waals surface area contributed by atoms with Crippen LogP contribution in [0.1, 0.15) is 37.7 Å². The first-order chi connectivity index (χ1) is 9.58. The normalized spacial score (nSPS) is 23.1. The lowest BCUT2D eigenvalue weighted by Crippen LogP contribution is -2.41. The van der Waals surface area contributed by atoms with Crippen LogP contribution < -0.4 is 11.1 Å². The van der Waals surface area contributed by atoms with Gasteiger partial charge in [0.1, 0.15) is 5.82 Å². The van der Waals surface area contributed by atoms with Gasteiger partial charge < -0.3 is 11.1 Å². The number of carbonyl (C=O) groups is 1. The Morgan fingerprint density at radius 3 is 2.90 bits per heavy atom. The molecule has 1 aromatic rings. The van der Waals surface area contributed by atoms with E-state index < -0.39 is 0 Å². The van der Waals surface area contributed by atoms with Crippen molar-refractivity contribution in [3.05, 3.63) is 34.1 Å². The molecule has 2 rings (SSSR count). The highest BCUT2D eigenvalue weighted by Gasteiger charge is 2.26. The molecule has 0 aromatic heterocycles. The van der Waals surface area contributed by atoms with Crippen LogP contribution in [-0.2, 0) is 11.3 Å². The van der Waals surface area contributed by atoms with E-state index in [4.69, 9.17) is 5.73 Å². The van der Waals surface area contributed by atoms with E-state index in [1.165, 1.54) is 12.1 Å². The maximum atomic E-state index is 13.2. The molecular weight excluding hydrogens is 323 g/mol. The van der Waals surface area contributed by atoms with Crippen molar-refractivity contribution in [2.75, 3.05) is 0 Å². The standard InChI is InChI=1S/C15H20BrFN2O/c16-13-7-6-11(17)8-10(13)9-19-15(20)12-4-2-1-3-5-14(12)18/h6-8,12,14H,1-5,9,18H2,(H,19,20). The summed E-state index contributed by atoms with van der Waals surface area (Å²) in [5.74, 6) is -0.441. The largest absolute Gasteiger partial charge is 0.352 e. The zero-order valence-corrected chi connectivity index (χ0v) is 13.0. The molecule has 1 aromatic carbocycles.